The van der Waals surface area contributed by atoms with E-state index in [9.17, 15) is 4.79 Å². The average molecular weight is 236 g/mol. The summed E-state index contributed by atoms with van der Waals surface area (Å²) in [7, 11) is 0. The van der Waals surface area contributed by atoms with E-state index in [4.69, 9.17) is 0 Å². The van der Waals surface area contributed by atoms with Gasteiger partial charge >= 0.3 is 0 Å². The first-order chi connectivity index (χ1) is 8.90. The first-order valence-electron chi connectivity index (χ1n) is 5.76. The topological polar surface area (TPSA) is 44.9 Å². The second-order valence-electron chi connectivity index (χ2n) is 4.06. The van der Waals surface area contributed by atoms with Gasteiger partial charge in [0.15, 0.2) is 6.29 Å². The van der Waals surface area contributed by atoms with E-state index < -0.39 is 0 Å². The monoisotopic (exact) mass is 236 g/mol. The molecule has 3 heteroatoms. The number of nitrogens with one attached hydrogen (secondary N) is 2. The van der Waals surface area contributed by atoms with Gasteiger partial charge in [0.05, 0.1) is 5.52 Å². The zero-order chi connectivity index (χ0) is 12.4. The normalized spacial score (nSPS) is 14.1. The standard InChI is InChI=1S/C15H12N2O/c18-10-11-9-17-15-12(11)5-4-6-13(15)14-7-2-1-3-8-16-14/h1-10,16-17H. The van der Waals surface area contributed by atoms with Crippen molar-refractivity contribution in [1.82, 2.24) is 10.3 Å². The van der Waals surface area contributed by atoms with Crippen molar-refractivity contribution in [3.63, 3.8) is 0 Å². The fourth-order valence-electron chi connectivity index (χ4n) is 2.12. The second kappa shape index (κ2) is 4.37. The molecule has 2 N–H and O–H groups in total. The highest BCUT2D eigenvalue weighted by Crippen LogP contribution is 2.25. The molecule has 0 radical (unpaired) electrons. The van der Waals surface area contributed by atoms with Crippen LogP contribution in [0.5, 0.6) is 0 Å². The third kappa shape index (κ3) is 1.66. The van der Waals surface area contributed by atoms with Crippen LogP contribution in [-0.2, 0) is 0 Å². The number of rotatable bonds is 2. The summed E-state index contributed by atoms with van der Waals surface area (Å²) in [6.45, 7) is 0. The van der Waals surface area contributed by atoms with Gasteiger partial charge in [-0.1, -0.05) is 30.4 Å². The number of para-hydroxylation sites is 1. The second-order valence-corrected chi connectivity index (χ2v) is 4.06. The minimum absolute atomic E-state index is 0.687. The van der Waals surface area contributed by atoms with Crippen LogP contribution in [0.15, 0.2) is 54.9 Å². The zero-order valence-electron chi connectivity index (χ0n) is 9.68. The van der Waals surface area contributed by atoms with Gasteiger partial charge in [-0.3, -0.25) is 4.79 Å². The Hall–Kier alpha value is -2.55. The van der Waals surface area contributed by atoms with Crippen LogP contribution in [0.25, 0.3) is 16.6 Å². The molecule has 0 saturated carbocycles. The number of hydrogen-bond donors (Lipinski definition) is 2. The predicted molar refractivity (Wildman–Crippen MR) is 73.1 cm³/mol. The molecule has 0 aliphatic carbocycles. The highest BCUT2D eigenvalue weighted by molar-refractivity contribution is 6.01. The van der Waals surface area contributed by atoms with Crippen molar-refractivity contribution < 1.29 is 4.79 Å². The Labute approximate surface area is 105 Å². The van der Waals surface area contributed by atoms with Crippen molar-refractivity contribution in [2.75, 3.05) is 0 Å². The number of aromatic amines is 1. The third-order valence-corrected chi connectivity index (χ3v) is 2.98. The molecule has 1 aromatic carbocycles. The Morgan fingerprint density at radius 2 is 2.06 bits per heavy atom. The summed E-state index contributed by atoms with van der Waals surface area (Å²) in [4.78, 5) is 14.1. The summed E-state index contributed by atoms with van der Waals surface area (Å²) in [6.07, 6.45) is 12.4. The quantitative estimate of drug-likeness (QED) is 0.787. The number of aldehydes is 1. The van der Waals surface area contributed by atoms with Gasteiger partial charge < -0.3 is 10.3 Å². The summed E-state index contributed by atoms with van der Waals surface area (Å²) in [5, 5.41) is 4.17. The summed E-state index contributed by atoms with van der Waals surface area (Å²) in [6, 6.07) is 5.93. The summed E-state index contributed by atoms with van der Waals surface area (Å²) >= 11 is 0. The van der Waals surface area contributed by atoms with Crippen LogP contribution < -0.4 is 5.32 Å². The molecule has 0 atom stereocenters. The molecule has 18 heavy (non-hydrogen) atoms. The lowest BCUT2D eigenvalue weighted by Crippen LogP contribution is -2.03. The van der Waals surface area contributed by atoms with Crippen LogP contribution in [0.2, 0.25) is 0 Å². The van der Waals surface area contributed by atoms with Crippen molar-refractivity contribution in [3.8, 4) is 0 Å². The minimum Gasteiger partial charge on any atom is -0.361 e. The fourth-order valence-corrected chi connectivity index (χ4v) is 2.12. The van der Waals surface area contributed by atoms with E-state index in [1.807, 2.05) is 48.7 Å². The zero-order valence-corrected chi connectivity index (χ0v) is 9.68. The molecule has 3 rings (SSSR count). The number of hydrogen-bond acceptors (Lipinski definition) is 2. The van der Waals surface area contributed by atoms with Gasteiger partial charge in [-0.05, 0) is 12.2 Å². The highest BCUT2D eigenvalue weighted by atomic mass is 16.1. The number of carbonyl (C=O) groups excluding carboxylic acids is 1. The summed E-state index contributed by atoms with van der Waals surface area (Å²) in [5.41, 5.74) is 3.72. The van der Waals surface area contributed by atoms with Gasteiger partial charge in [-0.25, -0.2) is 0 Å². The van der Waals surface area contributed by atoms with Gasteiger partial charge in [-0.15, -0.1) is 0 Å². The van der Waals surface area contributed by atoms with E-state index in [0.29, 0.717) is 5.56 Å². The predicted octanol–water partition coefficient (Wildman–Crippen LogP) is 2.99. The number of allylic oxidation sites excluding steroid dienone is 4. The van der Waals surface area contributed by atoms with Gasteiger partial charge in [0.1, 0.15) is 0 Å². The van der Waals surface area contributed by atoms with Crippen molar-refractivity contribution >= 4 is 22.9 Å². The molecule has 1 aromatic heterocycles. The van der Waals surface area contributed by atoms with Crippen molar-refractivity contribution in [2.24, 2.45) is 0 Å². The maximum absolute atomic E-state index is 11.0. The van der Waals surface area contributed by atoms with E-state index in [0.717, 1.165) is 28.4 Å². The molecule has 1 aliphatic heterocycles. The minimum atomic E-state index is 0.687. The first-order valence-corrected chi connectivity index (χ1v) is 5.76. The van der Waals surface area contributed by atoms with Gasteiger partial charge in [0.25, 0.3) is 0 Å². The van der Waals surface area contributed by atoms with Crippen LogP contribution in [0, 0.1) is 0 Å². The van der Waals surface area contributed by atoms with Crippen LogP contribution in [0.3, 0.4) is 0 Å². The Morgan fingerprint density at radius 3 is 2.94 bits per heavy atom. The molecule has 0 fully saturated rings. The maximum Gasteiger partial charge on any atom is 0.152 e. The molecule has 3 nitrogen and oxygen atoms in total. The molecular weight excluding hydrogens is 224 g/mol. The molecule has 0 spiro atoms. The molecule has 0 bridgehead atoms. The number of carbonyl (C=O) groups is 1. The highest BCUT2D eigenvalue weighted by Gasteiger charge is 2.09. The first kappa shape index (κ1) is 10.6. The Morgan fingerprint density at radius 1 is 1.11 bits per heavy atom. The molecule has 0 saturated heterocycles. The van der Waals surface area contributed by atoms with Gasteiger partial charge in [-0.2, -0.15) is 0 Å². The number of fused-ring (bicyclic) bond motifs is 1. The third-order valence-electron chi connectivity index (χ3n) is 2.98. The SMILES string of the molecule is O=Cc1c[nH]c2c(C3=CC=CC=CN3)cccc12. The average Bonchev–Trinajstić information content (AvgIpc) is 2.65. The smallest absolute Gasteiger partial charge is 0.152 e. The fraction of sp³-hybridized carbons (Fsp3) is 0. The van der Waals surface area contributed by atoms with Crippen molar-refractivity contribution in [2.45, 2.75) is 0 Å². The molecule has 2 aromatic rings. The van der Waals surface area contributed by atoms with Crippen LogP contribution in [0.1, 0.15) is 15.9 Å². The van der Waals surface area contributed by atoms with E-state index in [1.54, 1.807) is 6.20 Å². The lowest BCUT2D eigenvalue weighted by atomic mass is 10.1. The summed E-state index contributed by atoms with van der Waals surface area (Å²) < 4.78 is 0. The van der Waals surface area contributed by atoms with E-state index in [-0.39, 0.29) is 0 Å². The summed E-state index contributed by atoms with van der Waals surface area (Å²) in [5.74, 6) is 0. The number of H-pyrrole nitrogens is 1. The van der Waals surface area contributed by atoms with E-state index >= 15 is 0 Å². The van der Waals surface area contributed by atoms with Crippen LogP contribution in [0.4, 0.5) is 0 Å². The van der Waals surface area contributed by atoms with Crippen LogP contribution >= 0.6 is 0 Å². The number of aromatic nitrogens is 1. The van der Waals surface area contributed by atoms with Crippen molar-refractivity contribution in [1.29, 1.82) is 0 Å². The Bertz CT molecular complexity index is 690. The van der Waals surface area contributed by atoms with E-state index in [1.165, 1.54) is 0 Å². The van der Waals surface area contributed by atoms with Crippen LogP contribution in [-0.4, -0.2) is 11.3 Å². The molecule has 88 valence electrons. The van der Waals surface area contributed by atoms with Crippen molar-refractivity contribution in [3.05, 3.63) is 66.0 Å². The number of benzene rings is 1. The van der Waals surface area contributed by atoms with Gasteiger partial charge in [0.2, 0.25) is 0 Å². The molecular formula is C15H12N2O. The molecule has 0 unspecified atom stereocenters. The molecule has 1 aliphatic rings. The lowest BCUT2D eigenvalue weighted by Gasteiger charge is -2.07. The Kier molecular flexibility index (Phi) is 2.57. The Balaban J connectivity index is 2.20. The maximum atomic E-state index is 11.0. The molecule has 2 heterocycles. The lowest BCUT2D eigenvalue weighted by molar-refractivity contribution is 0.112. The van der Waals surface area contributed by atoms with E-state index in [2.05, 4.69) is 10.3 Å². The molecule has 0 amide bonds. The largest absolute Gasteiger partial charge is 0.361 e. The van der Waals surface area contributed by atoms with Gasteiger partial charge in [0, 0.05) is 34.6 Å².